The fraction of sp³-hybridized carbons (Fsp3) is 0.400. The molecule has 0 saturated carbocycles. The lowest BCUT2D eigenvalue weighted by atomic mass is 10.1. The van der Waals surface area contributed by atoms with E-state index in [1.807, 2.05) is 62.2 Å². The summed E-state index contributed by atoms with van der Waals surface area (Å²) in [6, 6.07) is 11.4. The van der Waals surface area contributed by atoms with E-state index >= 15 is 0 Å². The molecule has 0 spiro atoms. The second kappa shape index (κ2) is 7.23. The van der Waals surface area contributed by atoms with Gasteiger partial charge in [-0.2, -0.15) is 0 Å². The fourth-order valence-corrected chi connectivity index (χ4v) is 3.43. The van der Waals surface area contributed by atoms with Gasteiger partial charge in [0.15, 0.2) is 0 Å². The van der Waals surface area contributed by atoms with E-state index in [4.69, 9.17) is 0 Å². The highest BCUT2D eigenvalue weighted by Crippen LogP contribution is 2.13. The quantitative estimate of drug-likeness (QED) is 0.840. The topological polar surface area (TPSA) is 46.8 Å². The molecule has 0 radical (unpaired) electrons. The van der Waals surface area contributed by atoms with Crippen LogP contribution in [0.3, 0.4) is 0 Å². The lowest BCUT2D eigenvalue weighted by molar-refractivity contribution is -0.895. The first kappa shape index (κ1) is 17.4. The zero-order valence-corrected chi connectivity index (χ0v) is 15.2. The summed E-state index contributed by atoms with van der Waals surface area (Å²) in [6.07, 6.45) is 0. The van der Waals surface area contributed by atoms with Gasteiger partial charge >= 0.3 is 0 Å². The number of rotatable bonds is 4. The van der Waals surface area contributed by atoms with Gasteiger partial charge in [-0.3, -0.25) is 9.59 Å². The van der Waals surface area contributed by atoms with Crippen LogP contribution in [0.2, 0.25) is 0 Å². The van der Waals surface area contributed by atoms with E-state index in [1.165, 1.54) is 4.90 Å². The first-order valence-electron chi connectivity index (χ1n) is 8.81. The largest absolute Gasteiger partial charge is 0.351 e. The van der Waals surface area contributed by atoms with Crippen molar-refractivity contribution in [3.63, 3.8) is 0 Å². The minimum absolute atomic E-state index is 0.0838. The number of ketones is 1. The third-order valence-electron chi connectivity index (χ3n) is 5.26. The lowest BCUT2D eigenvalue weighted by Gasteiger charge is -2.32. The number of amides is 1. The number of aryl methyl sites for hydroxylation is 1. The highest BCUT2D eigenvalue weighted by Gasteiger charge is 2.27. The molecule has 1 saturated heterocycles. The highest BCUT2D eigenvalue weighted by atomic mass is 16.2. The summed E-state index contributed by atoms with van der Waals surface area (Å²) in [5, 5.41) is 0. The van der Waals surface area contributed by atoms with Gasteiger partial charge in [-0.05, 0) is 32.0 Å². The molecule has 0 bridgehead atoms. The molecule has 1 aliphatic rings. The van der Waals surface area contributed by atoms with Crippen molar-refractivity contribution in [2.75, 3.05) is 32.7 Å². The first-order valence-corrected chi connectivity index (χ1v) is 8.81. The van der Waals surface area contributed by atoms with Crippen molar-refractivity contribution < 1.29 is 14.5 Å². The van der Waals surface area contributed by atoms with Gasteiger partial charge in [-0.15, -0.1) is 0 Å². The van der Waals surface area contributed by atoms with E-state index in [0.29, 0.717) is 19.6 Å². The highest BCUT2D eigenvalue weighted by molar-refractivity contribution is 5.98. The molecule has 0 aliphatic carbocycles. The fourth-order valence-electron chi connectivity index (χ4n) is 3.43. The number of aromatic nitrogens is 1. The summed E-state index contributed by atoms with van der Waals surface area (Å²) in [7, 11) is 1.99. The normalized spacial score (nSPS) is 15.4. The molecule has 25 heavy (non-hydrogen) atoms. The minimum Gasteiger partial charge on any atom is -0.351 e. The van der Waals surface area contributed by atoms with E-state index in [9.17, 15) is 9.59 Å². The summed E-state index contributed by atoms with van der Waals surface area (Å²) in [4.78, 5) is 28.2. The first-order chi connectivity index (χ1) is 12.0. The Morgan fingerprint density at radius 3 is 2.28 bits per heavy atom. The van der Waals surface area contributed by atoms with Crippen LogP contribution < -0.4 is 4.90 Å². The number of benzene rings is 1. The number of piperazine rings is 1. The predicted molar refractivity (Wildman–Crippen MR) is 97.1 cm³/mol. The standard InChI is InChI=1S/C20H25N3O2/c1-15-13-18(16(2)21(15)3)19(24)14-22-9-11-23(12-10-22)20(25)17-7-5-4-6-8-17/h4-8,13H,9-12,14H2,1-3H3/p+1. The summed E-state index contributed by atoms with van der Waals surface area (Å²) in [6.45, 7) is 7.53. The molecular weight excluding hydrogens is 314 g/mol. The monoisotopic (exact) mass is 340 g/mol. The van der Waals surface area contributed by atoms with E-state index in [-0.39, 0.29) is 11.7 Å². The van der Waals surface area contributed by atoms with Crippen LogP contribution in [-0.4, -0.2) is 53.9 Å². The van der Waals surface area contributed by atoms with Crippen molar-refractivity contribution in [1.82, 2.24) is 9.47 Å². The molecule has 1 aromatic heterocycles. The average molecular weight is 340 g/mol. The van der Waals surface area contributed by atoms with Crippen molar-refractivity contribution in [2.45, 2.75) is 13.8 Å². The molecule has 1 aromatic carbocycles. The molecule has 2 aromatic rings. The van der Waals surface area contributed by atoms with Crippen LogP contribution in [0, 0.1) is 13.8 Å². The summed E-state index contributed by atoms with van der Waals surface area (Å²) < 4.78 is 2.05. The molecule has 1 aliphatic heterocycles. The number of nitrogens with zero attached hydrogens (tertiary/aromatic N) is 2. The number of Topliss-reactive ketones (excluding diaryl/α,β-unsaturated/α-hetero) is 1. The number of carbonyl (C=O) groups excluding carboxylic acids is 2. The summed E-state index contributed by atoms with van der Waals surface area (Å²) in [5.41, 5.74) is 3.70. The van der Waals surface area contributed by atoms with E-state index in [2.05, 4.69) is 4.57 Å². The average Bonchev–Trinajstić information content (AvgIpc) is 2.90. The van der Waals surface area contributed by atoms with Crippen LogP contribution in [0.4, 0.5) is 0 Å². The lowest BCUT2D eigenvalue weighted by Crippen LogP contribution is -3.15. The third-order valence-corrected chi connectivity index (χ3v) is 5.26. The van der Waals surface area contributed by atoms with Gasteiger partial charge < -0.3 is 14.4 Å². The van der Waals surface area contributed by atoms with Crippen LogP contribution in [0.1, 0.15) is 32.1 Å². The van der Waals surface area contributed by atoms with Crippen LogP contribution in [-0.2, 0) is 7.05 Å². The molecule has 3 rings (SSSR count). The van der Waals surface area contributed by atoms with Crippen molar-refractivity contribution in [2.24, 2.45) is 7.05 Å². The summed E-state index contributed by atoms with van der Waals surface area (Å²) in [5.74, 6) is 0.277. The zero-order chi connectivity index (χ0) is 18.0. The van der Waals surface area contributed by atoms with Gasteiger partial charge in [0, 0.05) is 29.6 Å². The second-order valence-corrected chi connectivity index (χ2v) is 6.85. The number of hydrogen-bond acceptors (Lipinski definition) is 2. The Kier molecular flexibility index (Phi) is 5.04. The Labute approximate surface area is 148 Å². The van der Waals surface area contributed by atoms with Crippen LogP contribution in [0.25, 0.3) is 0 Å². The van der Waals surface area contributed by atoms with Crippen molar-refractivity contribution in [1.29, 1.82) is 0 Å². The Morgan fingerprint density at radius 2 is 1.72 bits per heavy atom. The SMILES string of the molecule is Cc1cc(C(=O)C[NH+]2CCN(C(=O)c3ccccc3)CC2)c(C)n1C. The van der Waals surface area contributed by atoms with Gasteiger partial charge in [-0.25, -0.2) is 0 Å². The Balaban J connectivity index is 1.56. The van der Waals surface area contributed by atoms with Crippen molar-refractivity contribution in [3.05, 3.63) is 58.9 Å². The molecule has 132 valence electrons. The van der Waals surface area contributed by atoms with Gasteiger partial charge in [0.25, 0.3) is 5.91 Å². The molecular formula is C20H26N3O2+. The van der Waals surface area contributed by atoms with E-state index < -0.39 is 0 Å². The minimum atomic E-state index is 0.0838. The molecule has 1 fully saturated rings. The number of nitrogens with one attached hydrogen (secondary N) is 1. The van der Waals surface area contributed by atoms with Crippen molar-refractivity contribution >= 4 is 11.7 Å². The Morgan fingerprint density at radius 1 is 1.08 bits per heavy atom. The number of carbonyl (C=O) groups is 2. The maximum absolute atomic E-state index is 12.6. The molecule has 2 heterocycles. The van der Waals surface area contributed by atoms with Gasteiger partial charge in [0.2, 0.25) is 5.78 Å². The molecule has 0 atom stereocenters. The predicted octanol–water partition coefficient (Wildman–Crippen LogP) is 0.866. The third kappa shape index (κ3) is 3.66. The maximum Gasteiger partial charge on any atom is 0.254 e. The zero-order valence-electron chi connectivity index (χ0n) is 15.2. The van der Waals surface area contributed by atoms with Crippen LogP contribution >= 0.6 is 0 Å². The summed E-state index contributed by atoms with van der Waals surface area (Å²) >= 11 is 0. The van der Waals surface area contributed by atoms with Crippen LogP contribution in [0.15, 0.2) is 36.4 Å². The van der Waals surface area contributed by atoms with Crippen LogP contribution in [0.5, 0.6) is 0 Å². The number of hydrogen-bond donors (Lipinski definition) is 1. The molecule has 5 nitrogen and oxygen atoms in total. The second-order valence-electron chi connectivity index (χ2n) is 6.85. The molecule has 1 N–H and O–H groups in total. The number of quaternary nitrogens is 1. The van der Waals surface area contributed by atoms with Gasteiger partial charge in [0.1, 0.15) is 6.54 Å². The van der Waals surface area contributed by atoms with Gasteiger partial charge in [-0.1, -0.05) is 18.2 Å². The van der Waals surface area contributed by atoms with Crippen molar-refractivity contribution in [3.8, 4) is 0 Å². The molecule has 0 unspecified atom stereocenters. The smallest absolute Gasteiger partial charge is 0.254 e. The molecule has 1 amide bonds. The maximum atomic E-state index is 12.6. The Bertz CT molecular complexity index is 772. The van der Waals surface area contributed by atoms with E-state index in [1.54, 1.807) is 0 Å². The van der Waals surface area contributed by atoms with Gasteiger partial charge in [0.05, 0.1) is 26.2 Å². The Hall–Kier alpha value is -2.40. The molecule has 5 heteroatoms. The van der Waals surface area contributed by atoms with E-state index in [0.717, 1.165) is 35.6 Å².